The van der Waals surface area contributed by atoms with Gasteiger partial charge in [0, 0.05) is 6.54 Å². The van der Waals surface area contributed by atoms with Crippen molar-refractivity contribution in [3.8, 4) is 0 Å². The molecule has 0 N–H and O–H groups in total. The third-order valence-corrected chi connectivity index (χ3v) is 4.24. The van der Waals surface area contributed by atoms with E-state index < -0.39 is 4.92 Å². The minimum Gasteiger partial charge on any atom is -0.374 e. The van der Waals surface area contributed by atoms with E-state index in [1.165, 1.54) is 0 Å². The second kappa shape index (κ2) is 4.98. The predicted molar refractivity (Wildman–Crippen MR) is 72.8 cm³/mol. The fourth-order valence-electron chi connectivity index (χ4n) is 3.14. The molecule has 6 heteroatoms. The number of halogens is 1. The van der Waals surface area contributed by atoms with Crippen LogP contribution < -0.4 is 4.90 Å². The summed E-state index contributed by atoms with van der Waals surface area (Å²) in [7, 11) is 0. The molecule has 1 aromatic carbocycles. The van der Waals surface area contributed by atoms with Crippen molar-refractivity contribution >= 4 is 23.0 Å². The Bertz CT molecular complexity index is 509. The first-order valence-electron chi connectivity index (χ1n) is 6.49. The van der Waals surface area contributed by atoms with E-state index in [0.29, 0.717) is 18.8 Å². The number of rotatable bonds is 2. The molecule has 1 aromatic rings. The summed E-state index contributed by atoms with van der Waals surface area (Å²) in [6.45, 7) is 1.30. The van der Waals surface area contributed by atoms with Crippen LogP contribution in [0.15, 0.2) is 18.2 Å². The number of nitrogens with zero attached hydrogens (tertiary/aromatic N) is 2. The third kappa shape index (κ3) is 2.17. The third-order valence-electron chi connectivity index (χ3n) is 3.94. The van der Waals surface area contributed by atoms with Gasteiger partial charge in [-0.05, 0) is 31.4 Å². The largest absolute Gasteiger partial charge is 0.374 e. The van der Waals surface area contributed by atoms with E-state index in [4.69, 9.17) is 16.3 Å². The van der Waals surface area contributed by atoms with Crippen LogP contribution in [0.5, 0.6) is 0 Å². The number of ether oxygens (including phenoxy) is 1. The molecule has 0 radical (unpaired) electrons. The molecule has 2 atom stereocenters. The number of nitro groups is 1. The molecule has 1 heterocycles. The highest BCUT2D eigenvalue weighted by Gasteiger charge is 2.38. The first kappa shape index (κ1) is 12.7. The second-order valence-corrected chi connectivity index (χ2v) is 5.37. The van der Waals surface area contributed by atoms with Gasteiger partial charge < -0.3 is 9.64 Å². The van der Waals surface area contributed by atoms with Crippen molar-refractivity contribution < 1.29 is 9.66 Å². The summed E-state index contributed by atoms with van der Waals surface area (Å²) in [5, 5.41) is 11.4. The summed E-state index contributed by atoms with van der Waals surface area (Å²) in [5.41, 5.74) is 0.634. The average Bonchev–Trinajstić information content (AvgIpc) is 2.85. The first-order chi connectivity index (χ1) is 9.18. The van der Waals surface area contributed by atoms with E-state index in [-0.39, 0.29) is 22.9 Å². The molecule has 3 rings (SSSR count). The molecular weight excluding hydrogens is 268 g/mol. The van der Waals surface area contributed by atoms with E-state index in [9.17, 15) is 10.1 Å². The topological polar surface area (TPSA) is 55.6 Å². The number of nitro benzene ring substituents is 1. The Hall–Kier alpha value is -1.33. The molecule has 1 aliphatic carbocycles. The second-order valence-electron chi connectivity index (χ2n) is 4.97. The summed E-state index contributed by atoms with van der Waals surface area (Å²) in [5.74, 6) is 0. The van der Waals surface area contributed by atoms with Crippen LogP contribution in [0.2, 0.25) is 5.02 Å². The van der Waals surface area contributed by atoms with Gasteiger partial charge in [0.05, 0.1) is 23.7 Å². The van der Waals surface area contributed by atoms with Gasteiger partial charge in [-0.2, -0.15) is 0 Å². The van der Waals surface area contributed by atoms with Crippen molar-refractivity contribution in [2.24, 2.45) is 0 Å². The van der Waals surface area contributed by atoms with Gasteiger partial charge in [0.1, 0.15) is 10.7 Å². The number of anilines is 1. The number of hydrogen-bond donors (Lipinski definition) is 0. The van der Waals surface area contributed by atoms with E-state index in [1.54, 1.807) is 18.2 Å². The number of benzene rings is 1. The number of para-hydroxylation sites is 1. The van der Waals surface area contributed by atoms with Crippen LogP contribution in [0.1, 0.15) is 19.3 Å². The van der Waals surface area contributed by atoms with Gasteiger partial charge in [0.15, 0.2) is 0 Å². The van der Waals surface area contributed by atoms with E-state index >= 15 is 0 Å². The summed E-state index contributed by atoms with van der Waals surface area (Å²) >= 11 is 5.99. The van der Waals surface area contributed by atoms with Gasteiger partial charge in [-0.1, -0.05) is 17.7 Å². The van der Waals surface area contributed by atoms with Gasteiger partial charge in [0.25, 0.3) is 0 Å². The summed E-state index contributed by atoms with van der Waals surface area (Å²) in [6, 6.07) is 5.36. The van der Waals surface area contributed by atoms with Crippen molar-refractivity contribution in [1.29, 1.82) is 0 Å². The minimum atomic E-state index is -0.392. The Morgan fingerprint density at radius 2 is 2.26 bits per heavy atom. The monoisotopic (exact) mass is 282 g/mol. The van der Waals surface area contributed by atoms with Gasteiger partial charge in [-0.25, -0.2) is 0 Å². The van der Waals surface area contributed by atoms with Crippen LogP contribution in [0, 0.1) is 10.1 Å². The Morgan fingerprint density at radius 1 is 1.42 bits per heavy atom. The number of hydrogen-bond acceptors (Lipinski definition) is 4. The molecule has 1 saturated heterocycles. The highest BCUT2D eigenvalue weighted by atomic mass is 35.5. The molecule has 0 amide bonds. The highest BCUT2D eigenvalue weighted by molar-refractivity contribution is 6.33. The summed E-state index contributed by atoms with van der Waals surface area (Å²) < 4.78 is 5.74. The van der Waals surface area contributed by atoms with Crippen LogP contribution >= 0.6 is 11.6 Å². The Kier molecular flexibility index (Phi) is 3.33. The lowest BCUT2D eigenvalue weighted by Crippen LogP contribution is -2.48. The maximum atomic E-state index is 11.2. The zero-order valence-electron chi connectivity index (χ0n) is 10.4. The zero-order chi connectivity index (χ0) is 13.4. The van der Waals surface area contributed by atoms with E-state index in [2.05, 4.69) is 4.90 Å². The van der Waals surface area contributed by atoms with Crippen molar-refractivity contribution in [1.82, 2.24) is 0 Å². The van der Waals surface area contributed by atoms with Crippen LogP contribution in [0.25, 0.3) is 0 Å². The van der Waals surface area contributed by atoms with E-state index in [0.717, 1.165) is 19.3 Å². The molecule has 102 valence electrons. The van der Waals surface area contributed by atoms with Crippen LogP contribution in [-0.2, 0) is 4.74 Å². The molecule has 19 heavy (non-hydrogen) atoms. The molecule has 0 aromatic heterocycles. The Labute approximate surface area is 116 Å². The predicted octanol–water partition coefficient (Wildman–Crippen LogP) is 3.01. The lowest BCUT2D eigenvalue weighted by atomic mass is 10.1. The van der Waals surface area contributed by atoms with Crippen LogP contribution in [-0.4, -0.2) is 30.2 Å². The smallest absolute Gasteiger partial charge is 0.310 e. The van der Waals surface area contributed by atoms with Crippen molar-refractivity contribution in [3.63, 3.8) is 0 Å². The zero-order valence-corrected chi connectivity index (χ0v) is 11.2. The SMILES string of the molecule is O=[N+]([O-])c1c(Cl)cccc1N1CCOC2CCCC21. The quantitative estimate of drug-likeness (QED) is 0.618. The van der Waals surface area contributed by atoms with Gasteiger partial charge in [-0.15, -0.1) is 0 Å². The molecule has 2 fully saturated rings. The van der Waals surface area contributed by atoms with Crippen LogP contribution in [0.4, 0.5) is 11.4 Å². The maximum Gasteiger partial charge on any atom is 0.310 e. The van der Waals surface area contributed by atoms with Gasteiger partial charge in [-0.3, -0.25) is 10.1 Å². The number of fused-ring (bicyclic) bond motifs is 1. The molecule has 2 aliphatic rings. The number of morpholine rings is 1. The first-order valence-corrected chi connectivity index (χ1v) is 6.87. The maximum absolute atomic E-state index is 11.2. The molecule has 0 spiro atoms. The standard InChI is InChI=1S/C13H15ClN2O3/c14-9-3-1-5-11(13(9)16(17)18)15-7-8-19-12-6-2-4-10(12)15/h1,3,5,10,12H,2,4,6-8H2. The molecule has 1 saturated carbocycles. The fourth-order valence-corrected chi connectivity index (χ4v) is 3.38. The molecular formula is C13H15ClN2O3. The molecule has 2 unspecified atom stereocenters. The van der Waals surface area contributed by atoms with Crippen molar-refractivity contribution in [2.45, 2.75) is 31.4 Å². The van der Waals surface area contributed by atoms with Gasteiger partial charge >= 0.3 is 5.69 Å². The molecule has 0 bridgehead atoms. The fraction of sp³-hybridized carbons (Fsp3) is 0.538. The Morgan fingerprint density at radius 3 is 3.05 bits per heavy atom. The van der Waals surface area contributed by atoms with Crippen molar-refractivity contribution in [2.75, 3.05) is 18.1 Å². The Balaban J connectivity index is 2.01. The normalized spacial score (nSPS) is 26.3. The van der Waals surface area contributed by atoms with E-state index in [1.807, 2.05) is 0 Å². The minimum absolute atomic E-state index is 0.0108. The highest BCUT2D eigenvalue weighted by Crippen LogP contribution is 2.40. The van der Waals surface area contributed by atoms with Gasteiger partial charge in [0.2, 0.25) is 0 Å². The molecule has 5 nitrogen and oxygen atoms in total. The van der Waals surface area contributed by atoms with Crippen molar-refractivity contribution in [3.05, 3.63) is 33.3 Å². The lowest BCUT2D eigenvalue weighted by molar-refractivity contribution is -0.384. The average molecular weight is 283 g/mol. The lowest BCUT2D eigenvalue weighted by Gasteiger charge is -2.39. The molecule has 1 aliphatic heterocycles. The summed E-state index contributed by atoms with van der Waals surface area (Å²) in [4.78, 5) is 13.0. The van der Waals surface area contributed by atoms with Crippen LogP contribution in [0.3, 0.4) is 0 Å². The summed E-state index contributed by atoms with van der Waals surface area (Å²) in [6.07, 6.45) is 3.37.